The van der Waals surface area contributed by atoms with E-state index in [0.29, 0.717) is 37.8 Å². The van der Waals surface area contributed by atoms with E-state index >= 15 is 0 Å². The van der Waals surface area contributed by atoms with Gasteiger partial charge in [-0.25, -0.2) is 18.0 Å². The summed E-state index contributed by atoms with van der Waals surface area (Å²) in [5.41, 5.74) is 1.64. The maximum Gasteiger partial charge on any atom is 0.317 e. The molecule has 2 aliphatic rings. The van der Waals surface area contributed by atoms with Gasteiger partial charge < -0.3 is 15.1 Å². The Kier molecular flexibility index (Phi) is 7.98. The van der Waals surface area contributed by atoms with Crippen LogP contribution in [0.2, 0.25) is 0 Å². The highest BCUT2D eigenvalue weighted by Gasteiger charge is 2.28. The minimum absolute atomic E-state index is 0.106. The summed E-state index contributed by atoms with van der Waals surface area (Å²) >= 11 is 0. The summed E-state index contributed by atoms with van der Waals surface area (Å²) in [6.07, 6.45) is 3.25. The molecule has 2 amide bonds. The maximum absolute atomic E-state index is 13.6. The van der Waals surface area contributed by atoms with Crippen molar-refractivity contribution in [3.8, 4) is 0 Å². The van der Waals surface area contributed by atoms with Crippen molar-refractivity contribution in [2.24, 2.45) is 5.92 Å². The number of likely N-dealkylation sites (tertiary alicyclic amines) is 1. The SMILES string of the molecule is C[C@@H]1CN(c2cc(F)c(F)c(F)c2)CCN1C(=O)NCCC1CCN(Cc2ccccc2)CC1. The van der Waals surface area contributed by atoms with Gasteiger partial charge in [0.1, 0.15) is 0 Å². The highest BCUT2D eigenvalue weighted by molar-refractivity contribution is 5.75. The molecule has 2 heterocycles. The van der Waals surface area contributed by atoms with Gasteiger partial charge in [0.25, 0.3) is 0 Å². The van der Waals surface area contributed by atoms with Crippen molar-refractivity contribution in [1.82, 2.24) is 15.1 Å². The van der Waals surface area contributed by atoms with Gasteiger partial charge in [0.05, 0.1) is 0 Å². The van der Waals surface area contributed by atoms with Crippen LogP contribution in [0.5, 0.6) is 0 Å². The molecular formula is C26H33F3N4O. The molecule has 1 N–H and O–H groups in total. The van der Waals surface area contributed by atoms with Gasteiger partial charge in [-0.05, 0) is 50.8 Å². The van der Waals surface area contributed by atoms with Crippen LogP contribution in [0, 0.1) is 23.4 Å². The van der Waals surface area contributed by atoms with Gasteiger partial charge >= 0.3 is 6.03 Å². The fourth-order valence-corrected chi connectivity index (χ4v) is 4.98. The number of nitrogens with one attached hydrogen (secondary N) is 1. The van der Waals surface area contributed by atoms with E-state index in [4.69, 9.17) is 0 Å². The predicted octanol–water partition coefficient (Wildman–Crippen LogP) is 4.63. The van der Waals surface area contributed by atoms with Crippen LogP contribution in [0.4, 0.5) is 23.7 Å². The molecule has 1 atom stereocenters. The Hall–Kier alpha value is -2.74. The molecule has 2 aliphatic heterocycles. The molecule has 0 unspecified atom stereocenters. The largest absolute Gasteiger partial charge is 0.368 e. The van der Waals surface area contributed by atoms with Crippen LogP contribution in [0.25, 0.3) is 0 Å². The first-order chi connectivity index (χ1) is 16.4. The number of nitrogens with zero attached hydrogens (tertiary/aromatic N) is 3. The quantitative estimate of drug-likeness (QED) is 0.621. The van der Waals surface area contributed by atoms with E-state index in [-0.39, 0.29) is 12.1 Å². The Bertz CT molecular complexity index is 943. The van der Waals surface area contributed by atoms with E-state index in [1.807, 2.05) is 13.0 Å². The van der Waals surface area contributed by atoms with Gasteiger partial charge in [0, 0.05) is 56.6 Å². The average Bonchev–Trinajstić information content (AvgIpc) is 2.84. The minimum Gasteiger partial charge on any atom is -0.368 e. The third kappa shape index (κ3) is 6.03. The van der Waals surface area contributed by atoms with Gasteiger partial charge in [-0.15, -0.1) is 0 Å². The smallest absolute Gasteiger partial charge is 0.317 e. The van der Waals surface area contributed by atoms with Crippen molar-refractivity contribution in [3.05, 3.63) is 65.5 Å². The molecule has 2 saturated heterocycles. The highest BCUT2D eigenvalue weighted by atomic mass is 19.2. The summed E-state index contributed by atoms with van der Waals surface area (Å²) in [6, 6.07) is 12.3. The van der Waals surface area contributed by atoms with Gasteiger partial charge in [0.15, 0.2) is 17.5 Å². The Balaban J connectivity index is 1.17. The number of amides is 2. The zero-order chi connectivity index (χ0) is 24.1. The van der Waals surface area contributed by atoms with E-state index < -0.39 is 17.5 Å². The van der Waals surface area contributed by atoms with Crippen LogP contribution in [0.15, 0.2) is 42.5 Å². The number of hydrogen-bond donors (Lipinski definition) is 1. The van der Waals surface area contributed by atoms with E-state index in [2.05, 4.69) is 34.5 Å². The van der Waals surface area contributed by atoms with E-state index in [9.17, 15) is 18.0 Å². The molecule has 4 rings (SSSR count). The number of urea groups is 1. The number of carbonyl (C=O) groups excluding carboxylic acids is 1. The monoisotopic (exact) mass is 474 g/mol. The lowest BCUT2D eigenvalue weighted by Crippen LogP contribution is -2.56. The predicted molar refractivity (Wildman–Crippen MR) is 127 cm³/mol. The van der Waals surface area contributed by atoms with Crippen molar-refractivity contribution in [2.45, 2.75) is 38.8 Å². The Labute approximate surface area is 199 Å². The van der Waals surface area contributed by atoms with Gasteiger partial charge in [-0.3, -0.25) is 4.90 Å². The van der Waals surface area contributed by atoms with Crippen molar-refractivity contribution >= 4 is 11.7 Å². The molecular weight excluding hydrogens is 441 g/mol. The summed E-state index contributed by atoms with van der Waals surface area (Å²) in [5.74, 6) is -3.25. The first-order valence-electron chi connectivity index (χ1n) is 12.1. The van der Waals surface area contributed by atoms with Crippen molar-refractivity contribution in [1.29, 1.82) is 0 Å². The average molecular weight is 475 g/mol. The maximum atomic E-state index is 13.6. The van der Waals surface area contributed by atoms with Crippen LogP contribution in [-0.4, -0.2) is 61.1 Å². The van der Waals surface area contributed by atoms with Gasteiger partial charge in [-0.1, -0.05) is 30.3 Å². The molecule has 8 heteroatoms. The number of piperazine rings is 1. The van der Waals surface area contributed by atoms with Crippen LogP contribution >= 0.6 is 0 Å². The summed E-state index contributed by atoms with van der Waals surface area (Å²) < 4.78 is 40.4. The van der Waals surface area contributed by atoms with Crippen LogP contribution < -0.4 is 10.2 Å². The van der Waals surface area contributed by atoms with E-state index in [1.54, 1.807) is 9.80 Å². The number of rotatable bonds is 6. The lowest BCUT2D eigenvalue weighted by atomic mass is 9.93. The summed E-state index contributed by atoms with van der Waals surface area (Å²) in [7, 11) is 0. The van der Waals surface area contributed by atoms with E-state index in [0.717, 1.165) is 51.0 Å². The first kappa shape index (κ1) is 24.4. The molecule has 34 heavy (non-hydrogen) atoms. The zero-order valence-electron chi connectivity index (χ0n) is 19.7. The Morgan fingerprint density at radius 2 is 1.68 bits per heavy atom. The Morgan fingerprint density at radius 1 is 1.00 bits per heavy atom. The topological polar surface area (TPSA) is 38.8 Å². The third-order valence-electron chi connectivity index (χ3n) is 7.01. The molecule has 0 bridgehead atoms. The lowest BCUT2D eigenvalue weighted by Gasteiger charge is -2.41. The molecule has 184 valence electrons. The highest BCUT2D eigenvalue weighted by Crippen LogP contribution is 2.24. The standard InChI is InChI=1S/C26H33F3N4O/c1-19-17-32(22-15-23(27)25(29)24(28)16-22)13-14-33(19)26(34)30-10-7-20-8-11-31(12-9-20)18-21-5-3-2-4-6-21/h2-6,15-16,19-20H,7-14,17-18H2,1H3,(H,30,34)/t19-/m1/s1. The normalized spacial score (nSPS) is 19.9. The lowest BCUT2D eigenvalue weighted by molar-refractivity contribution is 0.162. The van der Waals surface area contributed by atoms with Crippen LogP contribution in [-0.2, 0) is 6.54 Å². The van der Waals surface area contributed by atoms with E-state index in [1.165, 1.54) is 5.56 Å². The molecule has 2 aromatic rings. The number of benzene rings is 2. The fourth-order valence-electron chi connectivity index (χ4n) is 4.98. The summed E-state index contributed by atoms with van der Waals surface area (Å²) in [6.45, 7) is 7.00. The molecule has 0 aromatic heterocycles. The minimum atomic E-state index is -1.46. The fraction of sp³-hybridized carbons (Fsp3) is 0.500. The Morgan fingerprint density at radius 3 is 2.32 bits per heavy atom. The second-order valence-electron chi connectivity index (χ2n) is 9.44. The molecule has 0 radical (unpaired) electrons. The number of hydrogen-bond acceptors (Lipinski definition) is 3. The number of halogens is 3. The van der Waals surface area contributed by atoms with Crippen molar-refractivity contribution < 1.29 is 18.0 Å². The molecule has 0 spiro atoms. The summed E-state index contributed by atoms with van der Waals surface area (Å²) in [5, 5.41) is 3.05. The van der Waals surface area contributed by atoms with Gasteiger partial charge in [0.2, 0.25) is 0 Å². The third-order valence-corrected chi connectivity index (χ3v) is 7.01. The second kappa shape index (κ2) is 11.1. The molecule has 2 fully saturated rings. The molecule has 0 aliphatic carbocycles. The number of piperidine rings is 1. The molecule has 2 aromatic carbocycles. The number of anilines is 1. The zero-order valence-corrected chi connectivity index (χ0v) is 19.7. The van der Waals surface area contributed by atoms with Crippen molar-refractivity contribution in [3.63, 3.8) is 0 Å². The first-order valence-corrected chi connectivity index (χ1v) is 12.1. The molecule has 5 nitrogen and oxygen atoms in total. The van der Waals surface area contributed by atoms with Crippen LogP contribution in [0.3, 0.4) is 0 Å². The number of carbonyl (C=O) groups is 1. The summed E-state index contributed by atoms with van der Waals surface area (Å²) in [4.78, 5) is 18.8. The second-order valence-corrected chi connectivity index (χ2v) is 9.44. The molecule has 0 saturated carbocycles. The van der Waals surface area contributed by atoms with Crippen LogP contribution in [0.1, 0.15) is 31.7 Å². The van der Waals surface area contributed by atoms with Crippen molar-refractivity contribution in [2.75, 3.05) is 44.2 Å². The van der Waals surface area contributed by atoms with Gasteiger partial charge in [-0.2, -0.15) is 0 Å².